The van der Waals surface area contributed by atoms with Crippen LogP contribution in [0.15, 0.2) is 29.2 Å². The summed E-state index contributed by atoms with van der Waals surface area (Å²) in [6.45, 7) is 3.74. The van der Waals surface area contributed by atoms with E-state index >= 15 is 0 Å². The summed E-state index contributed by atoms with van der Waals surface area (Å²) in [4.78, 5) is 21.7. The van der Waals surface area contributed by atoms with Gasteiger partial charge in [0.25, 0.3) is 5.56 Å². The van der Waals surface area contributed by atoms with E-state index in [1.165, 1.54) is 19.2 Å². The van der Waals surface area contributed by atoms with E-state index in [1.807, 2.05) is 0 Å². The number of hydrogen-bond acceptors (Lipinski definition) is 4. The van der Waals surface area contributed by atoms with Crippen molar-refractivity contribution in [2.24, 2.45) is 5.92 Å². The van der Waals surface area contributed by atoms with Crippen LogP contribution in [0.5, 0.6) is 5.75 Å². The lowest BCUT2D eigenvalue weighted by atomic mass is 10.1. The summed E-state index contributed by atoms with van der Waals surface area (Å²) in [5.74, 6) is 0.0193. The molecule has 0 aliphatic heterocycles. The van der Waals surface area contributed by atoms with E-state index in [0.29, 0.717) is 38.9 Å². The number of nitrogens with zero attached hydrogens (tertiary/aromatic N) is 3. The molecule has 0 amide bonds. The lowest BCUT2D eigenvalue weighted by molar-refractivity contribution is 0.386. The van der Waals surface area contributed by atoms with Crippen molar-refractivity contribution in [1.82, 2.24) is 14.5 Å². The second-order valence-electron chi connectivity index (χ2n) is 6.94. The van der Waals surface area contributed by atoms with Crippen LogP contribution in [0.4, 0.5) is 4.39 Å². The van der Waals surface area contributed by atoms with Crippen LogP contribution in [0.25, 0.3) is 22.3 Å². The van der Waals surface area contributed by atoms with Gasteiger partial charge in [-0.1, -0.05) is 11.6 Å². The maximum Gasteiger partial charge on any atom is 0.272 e. The SMILES string of the molecule is COc1cc(Cl)c(-c2nccc3c2nc(C)c(=O)n3C(C)C2CC2)cc1F. The number of hydrogen-bond donors (Lipinski definition) is 0. The molecule has 1 aliphatic carbocycles. The fraction of sp³-hybridized carbons (Fsp3) is 0.350. The van der Waals surface area contributed by atoms with Crippen molar-refractivity contribution in [3.63, 3.8) is 0 Å². The standard InChI is InChI=1S/C20H19ClFN3O2/c1-10-20(26)25(11(2)12-4-5-12)16-6-7-23-18(19(16)24-10)13-8-15(22)17(27-3)9-14(13)21/h6-9,11-12H,4-5H2,1-3H3. The van der Waals surface area contributed by atoms with Gasteiger partial charge in [0, 0.05) is 23.9 Å². The average molecular weight is 388 g/mol. The molecule has 2 heterocycles. The minimum atomic E-state index is -0.535. The molecule has 4 rings (SSSR count). The van der Waals surface area contributed by atoms with Crippen LogP contribution < -0.4 is 10.3 Å². The van der Waals surface area contributed by atoms with Gasteiger partial charge in [-0.15, -0.1) is 0 Å². The quantitative estimate of drug-likeness (QED) is 0.659. The van der Waals surface area contributed by atoms with Gasteiger partial charge in [-0.3, -0.25) is 9.78 Å². The number of benzene rings is 1. The number of rotatable bonds is 4. The van der Waals surface area contributed by atoms with E-state index in [1.54, 1.807) is 23.8 Å². The molecule has 0 bridgehead atoms. The van der Waals surface area contributed by atoms with Crippen LogP contribution in [0.2, 0.25) is 5.02 Å². The first-order chi connectivity index (χ1) is 12.9. The van der Waals surface area contributed by atoms with Gasteiger partial charge in [0.05, 0.1) is 23.3 Å². The molecule has 2 aromatic heterocycles. The van der Waals surface area contributed by atoms with E-state index < -0.39 is 5.82 Å². The zero-order chi connectivity index (χ0) is 19.3. The molecule has 1 saturated carbocycles. The third-order valence-electron chi connectivity index (χ3n) is 5.18. The number of methoxy groups -OCH3 is 1. The van der Waals surface area contributed by atoms with Crippen molar-refractivity contribution < 1.29 is 9.13 Å². The van der Waals surface area contributed by atoms with Crippen LogP contribution in [-0.4, -0.2) is 21.6 Å². The highest BCUT2D eigenvalue weighted by Gasteiger charge is 2.31. The number of ether oxygens (including phenoxy) is 1. The van der Waals surface area contributed by atoms with Crippen LogP contribution in [0, 0.1) is 18.7 Å². The van der Waals surface area contributed by atoms with Crippen molar-refractivity contribution in [3.05, 3.63) is 51.3 Å². The number of pyridine rings is 1. The predicted molar refractivity (Wildman–Crippen MR) is 103 cm³/mol. The third kappa shape index (κ3) is 2.98. The Bertz CT molecular complexity index is 1110. The highest BCUT2D eigenvalue weighted by molar-refractivity contribution is 6.33. The van der Waals surface area contributed by atoms with Gasteiger partial charge >= 0.3 is 0 Å². The van der Waals surface area contributed by atoms with E-state index in [0.717, 1.165) is 12.8 Å². The fourth-order valence-electron chi connectivity index (χ4n) is 3.51. The lowest BCUT2D eigenvalue weighted by Crippen LogP contribution is -2.28. The summed E-state index contributed by atoms with van der Waals surface area (Å²) in [7, 11) is 1.38. The number of halogens is 2. The zero-order valence-electron chi connectivity index (χ0n) is 15.3. The number of aromatic nitrogens is 3. The van der Waals surface area contributed by atoms with Crippen LogP contribution in [-0.2, 0) is 0 Å². The largest absolute Gasteiger partial charge is 0.494 e. The summed E-state index contributed by atoms with van der Waals surface area (Å²) in [6.07, 6.45) is 3.83. The van der Waals surface area contributed by atoms with Crippen molar-refractivity contribution in [1.29, 1.82) is 0 Å². The predicted octanol–water partition coefficient (Wildman–Crippen LogP) is 4.54. The molecule has 5 nitrogen and oxygen atoms in total. The van der Waals surface area contributed by atoms with Gasteiger partial charge in [0.2, 0.25) is 0 Å². The van der Waals surface area contributed by atoms with Crippen molar-refractivity contribution in [3.8, 4) is 17.0 Å². The second-order valence-corrected chi connectivity index (χ2v) is 7.35. The highest BCUT2D eigenvalue weighted by atomic mass is 35.5. The van der Waals surface area contributed by atoms with Crippen molar-refractivity contribution in [2.45, 2.75) is 32.7 Å². The molecule has 1 unspecified atom stereocenters. The first-order valence-electron chi connectivity index (χ1n) is 8.83. The molecule has 0 radical (unpaired) electrons. The second kappa shape index (κ2) is 6.60. The molecule has 140 valence electrons. The van der Waals surface area contributed by atoms with Gasteiger partial charge in [-0.05, 0) is 44.7 Å². The number of fused-ring (bicyclic) bond motifs is 1. The topological polar surface area (TPSA) is 57.0 Å². The number of aryl methyl sites for hydroxylation is 1. The van der Waals surface area contributed by atoms with Gasteiger partial charge in [-0.2, -0.15) is 0 Å². The Labute approximate surface area is 160 Å². The summed E-state index contributed by atoms with van der Waals surface area (Å²) >= 11 is 6.37. The molecule has 7 heteroatoms. The van der Waals surface area contributed by atoms with Crippen molar-refractivity contribution in [2.75, 3.05) is 7.11 Å². The lowest BCUT2D eigenvalue weighted by Gasteiger charge is -2.19. The Morgan fingerprint density at radius 2 is 2.11 bits per heavy atom. The minimum Gasteiger partial charge on any atom is -0.494 e. The maximum atomic E-state index is 14.3. The smallest absolute Gasteiger partial charge is 0.272 e. The Balaban J connectivity index is 2.01. The first-order valence-corrected chi connectivity index (χ1v) is 9.21. The Morgan fingerprint density at radius 3 is 2.78 bits per heavy atom. The summed E-state index contributed by atoms with van der Waals surface area (Å²) < 4.78 is 21.1. The molecule has 1 aliphatic rings. The monoisotopic (exact) mass is 387 g/mol. The molecular formula is C20H19ClFN3O2. The van der Waals surface area contributed by atoms with Crippen LogP contribution in [0.1, 0.15) is 31.5 Å². The minimum absolute atomic E-state index is 0.0624. The van der Waals surface area contributed by atoms with E-state index in [2.05, 4.69) is 16.9 Å². The van der Waals surface area contributed by atoms with Gasteiger partial charge in [0.15, 0.2) is 11.6 Å². The highest BCUT2D eigenvalue weighted by Crippen LogP contribution is 2.40. The summed E-state index contributed by atoms with van der Waals surface area (Å²) in [5, 5.41) is 0.306. The Morgan fingerprint density at radius 1 is 1.37 bits per heavy atom. The van der Waals surface area contributed by atoms with Crippen LogP contribution in [0.3, 0.4) is 0 Å². The molecule has 0 N–H and O–H groups in total. The van der Waals surface area contributed by atoms with E-state index in [-0.39, 0.29) is 17.4 Å². The molecular weight excluding hydrogens is 369 g/mol. The maximum absolute atomic E-state index is 14.3. The normalized spacial score (nSPS) is 15.1. The molecule has 1 fully saturated rings. The fourth-order valence-corrected chi connectivity index (χ4v) is 3.75. The Kier molecular flexibility index (Phi) is 4.38. The third-order valence-corrected chi connectivity index (χ3v) is 5.49. The average Bonchev–Trinajstić information content (AvgIpc) is 3.49. The molecule has 3 aromatic rings. The molecule has 1 atom stereocenters. The molecule has 27 heavy (non-hydrogen) atoms. The zero-order valence-corrected chi connectivity index (χ0v) is 16.0. The molecule has 0 saturated heterocycles. The van der Waals surface area contributed by atoms with E-state index in [4.69, 9.17) is 16.3 Å². The van der Waals surface area contributed by atoms with Gasteiger partial charge in [-0.25, -0.2) is 9.37 Å². The van der Waals surface area contributed by atoms with Crippen LogP contribution >= 0.6 is 11.6 Å². The molecule has 0 spiro atoms. The van der Waals surface area contributed by atoms with E-state index in [9.17, 15) is 9.18 Å². The van der Waals surface area contributed by atoms with Gasteiger partial charge in [0.1, 0.15) is 11.2 Å². The van der Waals surface area contributed by atoms with Crippen molar-refractivity contribution >= 4 is 22.6 Å². The first kappa shape index (κ1) is 17.9. The molecule has 1 aromatic carbocycles. The summed E-state index contributed by atoms with van der Waals surface area (Å²) in [6, 6.07) is 4.56. The Hall–Kier alpha value is -2.47. The van der Waals surface area contributed by atoms with Gasteiger partial charge < -0.3 is 9.30 Å². The summed E-state index contributed by atoms with van der Waals surface area (Å²) in [5.41, 5.74) is 2.35.